The highest BCUT2D eigenvalue weighted by atomic mass is 32.2. The first kappa shape index (κ1) is 13.5. The normalized spacial score (nSPS) is 24.9. The lowest BCUT2D eigenvalue weighted by Crippen LogP contribution is -2.54. The van der Waals surface area contributed by atoms with Crippen molar-refractivity contribution < 1.29 is 10.0 Å². The quantitative estimate of drug-likeness (QED) is 0.343. The summed E-state index contributed by atoms with van der Waals surface area (Å²) in [6.45, 7) is 1.56. The largest absolute Gasteiger partial charge is 0.409 e. The average Bonchev–Trinajstić information content (AvgIpc) is 2.47. The standard InChI is InChI=1S/C12H21N3O2S/c13-10(14-17)12(4-2-1-3-5-12)11(16)15-6-8-18-9-7-15/h17H,1-9H2,(H2,13,14). The molecule has 1 saturated heterocycles. The van der Waals surface area contributed by atoms with E-state index in [9.17, 15) is 4.79 Å². The first-order valence-electron chi connectivity index (χ1n) is 6.56. The molecule has 102 valence electrons. The zero-order valence-corrected chi connectivity index (χ0v) is 11.4. The highest BCUT2D eigenvalue weighted by Gasteiger charge is 2.46. The smallest absolute Gasteiger partial charge is 0.236 e. The summed E-state index contributed by atoms with van der Waals surface area (Å²) >= 11 is 1.87. The molecule has 0 aromatic carbocycles. The molecular formula is C12H21N3O2S. The Labute approximate surface area is 112 Å². The summed E-state index contributed by atoms with van der Waals surface area (Å²) in [4.78, 5) is 14.6. The number of hydrogen-bond acceptors (Lipinski definition) is 4. The monoisotopic (exact) mass is 271 g/mol. The number of thioether (sulfide) groups is 1. The third-order valence-corrected chi connectivity index (χ3v) is 4.96. The number of amidine groups is 1. The number of nitrogens with zero attached hydrogens (tertiary/aromatic N) is 2. The lowest BCUT2D eigenvalue weighted by Gasteiger charge is -2.39. The Morgan fingerprint density at radius 1 is 1.22 bits per heavy atom. The van der Waals surface area contributed by atoms with Crippen LogP contribution in [0.15, 0.2) is 5.16 Å². The van der Waals surface area contributed by atoms with Gasteiger partial charge in [-0.25, -0.2) is 0 Å². The van der Waals surface area contributed by atoms with E-state index >= 15 is 0 Å². The summed E-state index contributed by atoms with van der Waals surface area (Å²) in [6, 6.07) is 0. The van der Waals surface area contributed by atoms with E-state index in [1.54, 1.807) is 0 Å². The highest BCUT2D eigenvalue weighted by molar-refractivity contribution is 7.99. The fourth-order valence-electron chi connectivity index (χ4n) is 2.90. The summed E-state index contributed by atoms with van der Waals surface area (Å²) in [6.07, 6.45) is 4.51. The Morgan fingerprint density at radius 3 is 2.39 bits per heavy atom. The molecule has 1 amide bonds. The first-order valence-corrected chi connectivity index (χ1v) is 7.71. The lowest BCUT2D eigenvalue weighted by atomic mass is 9.72. The molecule has 2 rings (SSSR count). The fraction of sp³-hybridized carbons (Fsp3) is 0.833. The van der Waals surface area contributed by atoms with Crippen LogP contribution < -0.4 is 5.73 Å². The van der Waals surface area contributed by atoms with E-state index < -0.39 is 5.41 Å². The summed E-state index contributed by atoms with van der Waals surface area (Å²) in [5, 5.41) is 12.1. The fourth-order valence-corrected chi connectivity index (χ4v) is 3.80. The molecule has 1 aliphatic carbocycles. The molecule has 0 radical (unpaired) electrons. The van der Waals surface area contributed by atoms with Crippen LogP contribution in [0.3, 0.4) is 0 Å². The van der Waals surface area contributed by atoms with Crippen molar-refractivity contribution in [2.75, 3.05) is 24.6 Å². The van der Waals surface area contributed by atoms with Gasteiger partial charge >= 0.3 is 0 Å². The maximum atomic E-state index is 12.7. The van der Waals surface area contributed by atoms with Gasteiger partial charge < -0.3 is 15.8 Å². The second-order valence-corrected chi connectivity index (χ2v) is 6.26. The van der Waals surface area contributed by atoms with Gasteiger partial charge in [0.25, 0.3) is 0 Å². The van der Waals surface area contributed by atoms with Gasteiger partial charge in [0.1, 0.15) is 5.41 Å². The van der Waals surface area contributed by atoms with Crippen LogP contribution in [-0.2, 0) is 4.79 Å². The zero-order chi connectivity index (χ0) is 13.0. The van der Waals surface area contributed by atoms with Gasteiger partial charge in [-0.15, -0.1) is 0 Å². The van der Waals surface area contributed by atoms with Gasteiger partial charge in [0.05, 0.1) is 0 Å². The van der Waals surface area contributed by atoms with Crippen LogP contribution in [0.5, 0.6) is 0 Å². The zero-order valence-electron chi connectivity index (χ0n) is 10.6. The molecule has 1 aliphatic heterocycles. The van der Waals surface area contributed by atoms with Crippen LogP contribution in [0.4, 0.5) is 0 Å². The van der Waals surface area contributed by atoms with Crippen molar-refractivity contribution in [1.29, 1.82) is 0 Å². The molecule has 0 aromatic heterocycles. The Bertz CT molecular complexity index is 334. The van der Waals surface area contributed by atoms with E-state index in [4.69, 9.17) is 10.9 Å². The number of amides is 1. The minimum atomic E-state index is -0.741. The molecule has 18 heavy (non-hydrogen) atoms. The molecule has 1 heterocycles. The molecule has 2 aliphatic rings. The summed E-state index contributed by atoms with van der Waals surface area (Å²) < 4.78 is 0. The molecule has 0 atom stereocenters. The van der Waals surface area contributed by atoms with Gasteiger partial charge in [-0.2, -0.15) is 11.8 Å². The molecule has 0 unspecified atom stereocenters. The predicted molar refractivity (Wildman–Crippen MR) is 72.8 cm³/mol. The number of nitrogens with two attached hydrogens (primary N) is 1. The number of hydrogen-bond donors (Lipinski definition) is 2. The highest BCUT2D eigenvalue weighted by Crippen LogP contribution is 2.38. The third kappa shape index (κ3) is 2.43. The molecule has 3 N–H and O–H groups in total. The summed E-state index contributed by atoms with van der Waals surface area (Å²) in [7, 11) is 0. The Morgan fingerprint density at radius 2 is 1.83 bits per heavy atom. The van der Waals surface area contributed by atoms with E-state index in [0.29, 0.717) is 12.8 Å². The van der Waals surface area contributed by atoms with Crippen molar-refractivity contribution in [2.45, 2.75) is 32.1 Å². The Balaban J connectivity index is 2.19. The molecular weight excluding hydrogens is 250 g/mol. The topological polar surface area (TPSA) is 78.9 Å². The van der Waals surface area contributed by atoms with Gasteiger partial charge in [-0.05, 0) is 12.8 Å². The van der Waals surface area contributed by atoms with Crippen LogP contribution in [0.1, 0.15) is 32.1 Å². The van der Waals surface area contributed by atoms with Gasteiger partial charge in [0, 0.05) is 24.6 Å². The molecule has 1 saturated carbocycles. The van der Waals surface area contributed by atoms with Crippen molar-refractivity contribution in [2.24, 2.45) is 16.3 Å². The van der Waals surface area contributed by atoms with Gasteiger partial charge in [0.2, 0.25) is 5.91 Å². The SMILES string of the molecule is NC(=NO)C1(C(=O)N2CCSCC2)CCCCC1. The average molecular weight is 271 g/mol. The molecule has 2 fully saturated rings. The number of rotatable bonds is 2. The number of carbonyl (C=O) groups excluding carboxylic acids is 1. The van der Waals surface area contributed by atoms with E-state index in [0.717, 1.165) is 43.9 Å². The van der Waals surface area contributed by atoms with Crippen molar-refractivity contribution >= 4 is 23.5 Å². The summed E-state index contributed by atoms with van der Waals surface area (Å²) in [5.41, 5.74) is 5.10. The first-order chi connectivity index (χ1) is 8.70. The maximum absolute atomic E-state index is 12.7. The minimum Gasteiger partial charge on any atom is -0.409 e. The van der Waals surface area contributed by atoms with Crippen LogP contribution in [0, 0.1) is 5.41 Å². The second-order valence-electron chi connectivity index (χ2n) is 5.03. The van der Waals surface area contributed by atoms with Gasteiger partial charge in [-0.3, -0.25) is 4.79 Å². The molecule has 6 heteroatoms. The summed E-state index contributed by atoms with van der Waals surface area (Å²) in [5.74, 6) is 2.14. The number of oxime groups is 1. The molecule has 5 nitrogen and oxygen atoms in total. The van der Waals surface area contributed by atoms with Crippen LogP contribution in [0.25, 0.3) is 0 Å². The molecule has 0 bridgehead atoms. The van der Waals surface area contributed by atoms with E-state index in [1.165, 1.54) is 0 Å². The number of carbonyl (C=O) groups is 1. The minimum absolute atomic E-state index is 0.0674. The van der Waals surface area contributed by atoms with Crippen LogP contribution >= 0.6 is 11.8 Å². The van der Waals surface area contributed by atoms with E-state index in [-0.39, 0.29) is 11.7 Å². The van der Waals surface area contributed by atoms with Crippen molar-refractivity contribution in [3.8, 4) is 0 Å². The second kappa shape index (κ2) is 5.82. The van der Waals surface area contributed by atoms with Gasteiger partial charge in [-0.1, -0.05) is 24.4 Å². The molecule has 0 aromatic rings. The molecule has 0 spiro atoms. The van der Waals surface area contributed by atoms with Crippen LogP contribution in [0.2, 0.25) is 0 Å². The van der Waals surface area contributed by atoms with E-state index in [1.807, 2.05) is 16.7 Å². The Kier molecular flexibility index (Phi) is 4.37. The maximum Gasteiger partial charge on any atom is 0.236 e. The Hall–Kier alpha value is -0.910. The van der Waals surface area contributed by atoms with Crippen molar-refractivity contribution in [1.82, 2.24) is 4.90 Å². The van der Waals surface area contributed by atoms with Crippen molar-refractivity contribution in [3.63, 3.8) is 0 Å². The van der Waals surface area contributed by atoms with Crippen LogP contribution in [-0.4, -0.2) is 46.4 Å². The predicted octanol–water partition coefficient (Wildman–Crippen LogP) is 1.26. The van der Waals surface area contributed by atoms with Crippen molar-refractivity contribution in [3.05, 3.63) is 0 Å². The van der Waals surface area contributed by atoms with Gasteiger partial charge in [0.15, 0.2) is 5.84 Å². The third-order valence-electron chi connectivity index (χ3n) is 4.01. The van der Waals surface area contributed by atoms with E-state index in [2.05, 4.69) is 5.16 Å². The lowest BCUT2D eigenvalue weighted by molar-refractivity contribution is -0.139.